The van der Waals surface area contributed by atoms with Gasteiger partial charge in [-0.2, -0.15) is 5.10 Å². The second kappa shape index (κ2) is 6.33. The highest BCUT2D eigenvalue weighted by Gasteiger charge is 2.21. The lowest BCUT2D eigenvalue weighted by Crippen LogP contribution is -2.44. The standard InChI is InChI=1S/C13H20N6O/c1-4-10(18-15-3)13-16-11(14)7-12(17-13)19-5-6-20-8-9(19)2/h4,7,9,15H,1,5-6,8H2,2-3H3,(H2,14,16,17)/b18-10+. The summed E-state index contributed by atoms with van der Waals surface area (Å²) in [6, 6.07) is 2.02. The third-order valence-corrected chi connectivity index (χ3v) is 3.05. The predicted molar refractivity (Wildman–Crippen MR) is 79.9 cm³/mol. The number of hydrazone groups is 1. The smallest absolute Gasteiger partial charge is 0.183 e. The molecule has 1 aliphatic heterocycles. The van der Waals surface area contributed by atoms with Crippen molar-refractivity contribution < 1.29 is 4.74 Å². The zero-order valence-corrected chi connectivity index (χ0v) is 11.8. The number of hydrogen-bond acceptors (Lipinski definition) is 7. The molecule has 7 nitrogen and oxygen atoms in total. The maximum atomic E-state index is 5.88. The monoisotopic (exact) mass is 276 g/mol. The van der Waals surface area contributed by atoms with Crippen LogP contribution in [0.25, 0.3) is 0 Å². The Morgan fingerprint density at radius 3 is 3.10 bits per heavy atom. The molecule has 1 fully saturated rings. The molecular formula is C13H20N6O. The average Bonchev–Trinajstić information content (AvgIpc) is 2.44. The molecule has 0 aromatic carbocycles. The van der Waals surface area contributed by atoms with Crippen LogP contribution in [0.15, 0.2) is 23.8 Å². The molecule has 2 rings (SSSR count). The molecule has 108 valence electrons. The fourth-order valence-electron chi connectivity index (χ4n) is 2.09. The number of hydrogen-bond donors (Lipinski definition) is 2. The van der Waals surface area contributed by atoms with Crippen LogP contribution in [-0.2, 0) is 4.74 Å². The summed E-state index contributed by atoms with van der Waals surface area (Å²) in [7, 11) is 1.71. The molecule has 0 spiro atoms. The van der Waals surface area contributed by atoms with Gasteiger partial charge in [-0.1, -0.05) is 6.58 Å². The summed E-state index contributed by atoms with van der Waals surface area (Å²) in [6.45, 7) is 7.95. The molecule has 1 unspecified atom stereocenters. The van der Waals surface area contributed by atoms with Gasteiger partial charge < -0.3 is 20.8 Å². The molecule has 1 aromatic rings. The maximum absolute atomic E-state index is 5.88. The molecule has 0 bridgehead atoms. The summed E-state index contributed by atoms with van der Waals surface area (Å²) in [5.41, 5.74) is 9.15. The molecule has 20 heavy (non-hydrogen) atoms. The van der Waals surface area contributed by atoms with Crippen LogP contribution in [0.2, 0.25) is 0 Å². The minimum Gasteiger partial charge on any atom is -0.384 e. The molecule has 1 saturated heterocycles. The third-order valence-electron chi connectivity index (χ3n) is 3.05. The highest BCUT2D eigenvalue weighted by Crippen LogP contribution is 2.19. The first kappa shape index (κ1) is 14.3. The van der Waals surface area contributed by atoms with E-state index in [4.69, 9.17) is 10.5 Å². The first-order valence-electron chi connectivity index (χ1n) is 6.52. The van der Waals surface area contributed by atoms with Crippen molar-refractivity contribution in [2.75, 3.05) is 37.4 Å². The van der Waals surface area contributed by atoms with Crippen molar-refractivity contribution in [3.63, 3.8) is 0 Å². The second-order valence-corrected chi connectivity index (χ2v) is 4.52. The van der Waals surface area contributed by atoms with Crippen LogP contribution in [0, 0.1) is 0 Å². The van der Waals surface area contributed by atoms with E-state index in [9.17, 15) is 0 Å². The van der Waals surface area contributed by atoms with Crippen LogP contribution < -0.4 is 16.1 Å². The number of nitrogens with zero attached hydrogens (tertiary/aromatic N) is 4. The normalized spacial score (nSPS) is 19.8. The van der Waals surface area contributed by atoms with Gasteiger partial charge in [0.05, 0.1) is 19.3 Å². The zero-order valence-electron chi connectivity index (χ0n) is 11.8. The highest BCUT2D eigenvalue weighted by atomic mass is 16.5. The van der Waals surface area contributed by atoms with Crippen LogP contribution in [0.3, 0.4) is 0 Å². The minimum absolute atomic E-state index is 0.249. The number of nitrogens with one attached hydrogen (secondary N) is 1. The molecule has 0 amide bonds. The molecule has 3 N–H and O–H groups in total. The summed E-state index contributed by atoms with van der Waals surface area (Å²) >= 11 is 0. The SMILES string of the molecule is C=C/C(=N\NC)c1nc(N)cc(N2CCOCC2C)n1. The number of morpholine rings is 1. The fourth-order valence-corrected chi connectivity index (χ4v) is 2.09. The molecule has 1 aliphatic rings. The van der Waals surface area contributed by atoms with Gasteiger partial charge in [-0.3, -0.25) is 0 Å². The lowest BCUT2D eigenvalue weighted by atomic mass is 10.2. The summed E-state index contributed by atoms with van der Waals surface area (Å²) in [6.07, 6.45) is 1.60. The maximum Gasteiger partial charge on any atom is 0.183 e. The van der Waals surface area contributed by atoms with E-state index in [0.717, 1.165) is 12.4 Å². The largest absolute Gasteiger partial charge is 0.384 e. The fraction of sp³-hybridized carbons (Fsp3) is 0.462. The van der Waals surface area contributed by atoms with Crippen LogP contribution in [0.4, 0.5) is 11.6 Å². The Bertz CT molecular complexity index is 516. The quantitative estimate of drug-likeness (QED) is 0.611. The van der Waals surface area contributed by atoms with Crippen LogP contribution in [0.5, 0.6) is 0 Å². The Kier molecular flexibility index (Phi) is 4.52. The molecular weight excluding hydrogens is 256 g/mol. The van der Waals surface area contributed by atoms with E-state index in [-0.39, 0.29) is 6.04 Å². The minimum atomic E-state index is 0.249. The van der Waals surface area contributed by atoms with Gasteiger partial charge in [0.1, 0.15) is 17.3 Å². The van der Waals surface area contributed by atoms with E-state index < -0.39 is 0 Å². The van der Waals surface area contributed by atoms with Crippen LogP contribution in [0.1, 0.15) is 12.7 Å². The van der Waals surface area contributed by atoms with E-state index in [1.54, 1.807) is 19.2 Å². The number of aromatic nitrogens is 2. The Morgan fingerprint density at radius 2 is 2.45 bits per heavy atom. The zero-order chi connectivity index (χ0) is 14.5. The highest BCUT2D eigenvalue weighted by molar-refractivity contribution is 6.05. The number of anilines is 2. The Labute approximate surface area is 118 Å². The first-order valence-corrected chi connectivity index (χ1v) is 6.52. The molecule has 2 heterocycles. The van der Waals surface area contributed by atoms with Crippen molar-refractivity contribution in [3.8, 4) is 0 Å². The number of rotatable bonds is 4. The Balaban J connectivity index is 2.37. The topological polar surface area (TPSA) is 88.7 Å². The van der Waals surface area contributed by atoms with E-state index in [2.05, 4.69) is 38.9 Å². The van der Waals surface area contributed by atoms with E-state index in [1.807, 2.05) is 0 Å². The van der Waals surface area contributed by atoms with Gasteiger partial charge in [0, 0.05) is 19.7 Å². The average molecular weight is 276 g/mol. The summed E-state index contributed by atoms with van der Waals surface area (Å²) in [4.78, 5) is 10.9. The number of allylic oxidation sites excluding steroid dienone is 1. The molecule has 0 saturated carbocycles. The van der Waals surface area contributed by atoms with Crippen molar-refractivity contribution in [2.24, 2.45) is 5.10 Å². The molecule has 1 atom stereocenters. The molecule has 7 heteroatoms. The number of nitrogens with two attached hydrogens (primary N) is 1. The third kappa shape index (κ3) is 3.05. The van der Waals surface area contributed by atoms with Gasteiger partial charge in [-0.15, -0.1) is 0 Å². The van der Waals surface area contributed by atoms with Crippen molar-refractivity contribution in [3.05, 3.63) is 24.5 Å². The van der Waals surface area contributed by atoms with Crippen molar-refractivity contribution >= 4 is 17.3 Å². The van der Waals surface area contributed by atoms with Gasteiger partial charge in [0.15, 0.2) is 5.82 Å². The van der Waals surface area contributed by atoms with Gasteiger partial charge in [-0.05, 0) is 13.0 Å². The van der Waals surface area contributed by atoms with Crippen LogP contribution in [-0.4, -0.2) is 48.5 Å². The number of nitrogen functional groups attached to an aromatic ring is 1. The summed E-state index contributed by atoms with van der Waals surface area (Å²) < 4.78 is 5.43. The lowest BCUT2D eigenvalue weighted by molar-refractivity contribution is 0.0985. The van der Waals surface area contributed by atoms with Crippen molar-refractivity contribution in [1.29, 1.82) is 0 Å². The summed E-state index contributed by atoms with van der Waals surface area (Å²) in [5.74, 6) is 1.66. The van der Waals surface area contributed by atoms with Crippen LogP contribution >= 0.6 is 0 Å². The van der Waals surface area contributed by atoms with Crippen molar-refractivity contribution in [1.82, 2.24) is 15.4 Å². The summed E-state index contributed by atoms with van der Waals surface area (Å²) in [5, 5.41) is 4.08. The van der Waals surface area contributed by atoms with E-state index in [0.29, 0.717) is 30.6 Å². The molecule has 0 aliphatic carbocycles. The predicted octanol–water partition coefficient (Wildman–Crippen LogP) is 0.393. The van der Waals surface area contributed by atoms with Gasteiger partial charge >= 0.3 is 0 Å². The van der Waals surface area contributed by atoms with Gasteiger partial charge in [0.2, 0.25) is 0 Å². The van der Waals surface area contributed by atoms with Gasteiger partial charge in [-0.25, -0.2) is 9.97 Å². The number of ether oxygens (including phenoxy) is 1. The van der Waals surface area contributed by atoms with Gasteiger partial charge in [0.25, 0.3) is 0 Å². The lowest BCUT2D eigenvalue weighted by Gasteiger charge is -2.34. The van der Waals surface area contributed by atoms with E-state index >= 15 is 0 Å². The van der Waals surface area contributed by atoms with Crippen molar-refractivity contribution in [2.45, 2.75) is 13.0 Å². The van der Waals surface area contributed by atoms with E-state index in [1.165, 1.54) is 0 Å². The first-order chi connectivity index (χ1) is 9.65. The Morgan fingerprint density at radius 1 is 1.65 bits per heavy atom. The second-order valence-electron chi connectivity index (χ2n) is 4.52. The Hall–Kier alpha value is -2.15. The molecule has 0 radical (unpaired) electrons. The molecule has 1 aromatic heterocycles.